The molecule has 0 radical (unpaired) electrons. The Bertz CT molecular complexity index is 1100. The summed E-state index contributed by atoms with van der Waals surface area (Å²) in [5.74, 6) is -0.604. The van der Waals surface area contributed by atoms with Crippen LogP contribution in [0.25, 0.3) is 10.9 Å². The van der Waals surface area contributed by atoms with E-state index < -0.39 is 41.2 Å². The SMILES string of the molecule is COc1ccc(Cn2ncc3c(c(C(F)(F)F)nn3C(C)CC(=O)O)c2=O)cc1. The Hall–Kier alpha value is -3.37. The third kappa shape index (κ3) is 4.08. The van der Waals surface area contributed by atoms with Crippen LogP contribution in [0.5, 0.6) is 5.75 Å². The minimum atomic E-state index is -4.88. The Balaban J connectivity index is 2.12. The molecule has 0 amide bonds. The Kier molecular flexibility index (Phi) is 5.31. The first kappa shape index (κ1) is 20.4. The zero-order chi connectivity index (χ0) is 21.3. The number of fused-ring (bicyclic) bond motifs is 1. The van der Waals surface area contributed by atoms with E-state index in [-0.39, 0.29) is 12.1 Å². The molecule has 2 aromatic heterocycles. The predicted molar refractivity (Wildman–Crippen MR) is 95.8 cm³/mol. The third-order valence-electron chi connectivity index (χ3n) is 4.36. The molecule has 154 valence electrons. The van der Waals surface area contributed by atoms with Gasteiger partial charge in [0.2, 0.25) is 0 Å². The Morgan fingerprint density at radius 3 is 2.48 bits per heavy atom. The van der Waals surface area contributed by atoms with Crippen LogP contribution < -0.4 is 10.3 Å². The molecule has 1 atom stereocenters. The second-order valence-electron chi connectivity index (χ2n) is 6.45. The van der Waals surface area contributed by atoms with Crippen molar-refractivity contribution >= 4 is 16.9 Å². The Morgan fingerprint density at radius 2 is 1.93 bits per heavy atom. The highest BCUT2D eigenvalue weighted by Gasteiger charge is 2.39. The molecule has 3 rings (SSSR count). The molecule has 29 heavy (non-hydrogen) atoms. The summed E-state index contributed by atoms with van der Waals surface area (Å²) in [6.45, 7) is 1.36. The van der Waals surface area contributed by atoms with Gasteiger partial charge >= 0.3 is 12.1 Å². The third-order valence-corrected chi connectivity index (χ3v) is 4.36. The molecule has 11 heteroatoms. The van der Waals surface area contributed by atoms with E-state index in [1.54, 1.807) is 24.3 Å². The number of aromatic nitrogens is 4. The van der Waals surface area contributed by atoms with E-state index in [1.807, 2.05) is 0 Å². The van der Waals surface area contributed by atoms with Crippen LogP contribution in [0, 0.1) is 0 Å². The number of alkyl halides is 3. The van der Waals surface area contributed by atoms with Crippen molar-refractivity contribution in [2.24, 2.45) is 0 Å². The van der Waals surface area contributed by atoms with Crippen LogP contribution in [0.2, 0.25) is 0 Å². The first-order chi connectivity index (χ1) is 13.6. The second-order valence-corrected chi connectivity index (χ2v) is 6.45. The van der Waals surface area contributed by atoms with Crippen LogP contribution in [0.4, 0.5) is 13.2 Å². The van der Waals surface area contributed by atoms with Crippen molar-refractivity contribution in [2.75, 3.05) is 7.11 Å². The number of carboxylic acids is 1. The van der Waals surface area contributed by atoms with Crippen LogP contribution >= 0.6 is 0 Å². The van der Waals surface area contributed by atoms with E-state index >= 15 is 0 Å². The van der Waals surface area contributed by atoms with Gasteiger partial charge < -0.3 is 9.84 Å². The summed E-state index contributed by atoms with van der Waals surface area (Å²) in [4.78, 5) is 23.7. The number of methoxy groups -OCH3 is 1. The largest absolute Gasteiger partial charge is 0.497 e. The first-order valence-electron chi connectivity index (χ1n) is 8.52. The molecule has 0 saturated carbocycles. The number of carboxylic acid groups (broad SMARTS) is 1. The van der Waals surface area contributed by atoms with Gasteiger partial charge in [-0.25, -0.2) is 4.68 Å². The molecule has 0 fully saturated rings. The normalized spacial score (nSPS) is 12.9. The number of nitrogens with zero attached hydrogens (tertiary/aromatic N) is 4. The zero-order valence-electron chi connectivity index (χ0n) is 15.5. The molecule has 8 nitrogen and oxygen atoms in total. The summed E-state index contributed by atoms with van der Waals surface area (Å²) in [6.07, 6.45) is -4.24. The van der Waals surface area contributed by atoms with Crippen molar-refractivity contribution in [1.82, 2.24) is 19.6 Å². The molecule has 1 N–H and O–H groups in total. The summed E-state index contributed by atoms with van der Waals surface area (Å²) in [6, 6.07) is 5.75. The molecule has 1 unspecified atom stereocenters. The van der Waals surface area contributed by atoms with Gasteiger partial charge in [-0.2, -0.15) is 23.4 Å². The van der Waals surface area contributed by atoms with E-state index in [1.165, 1.54) is 14.0 Å². The van der Waals surface area contributed by atoms with E-state index in [0.29, 0.717) is 11.3 Å². The minimum absolute atomic E-state index is 0.0497. The van der Waals surface area contributed by atoms with E-state index in [0.717, 1.165) is 15.6 Å². The standard InChI is InChI=1S/C18H17F3N4O4/c1-10(7-14(26)27)25-13-8-22-24(9-11-3-5-12(29-2)6-4-11)17(28)15(13)16(23-25)18(19,20)21/h3-6,8,10H,7,9H2,1-2H3,(H,26,27). The van der Waals surface area contributed by atoms with Crippen LogP contribution in [-0.4, -0.2) is 37.7 Å². The summed E-state index contributed by atoms with van der Waals surface area (Å²) in [5.41, 5.74) is -1.85. The molecule has 0 saturated heterocycles. The first-order valence-corrected chi connectivity index (χ1v) is 8.52. The summed E-state index contributed by atoms with van der Waals surface area (Å²) in [5, 5.41) is 15.8. The van der Waals surface area contributed by atoms with Gasteiger partial charge in [0.1, 0.15) is 11.1 Å². The highest BCUT2D eigenvalue weighted by molar-refractivity contribution is 5.81. The van der Waals surface area contributed by atoms with Gasteiger partial charge in [-0.3, -0.25) is 14.3 Å². The Morgan fingerprint density at radius 1 is 1.28 bits per heavy atom. The number of halogens is 3. The summed E-state index contributed by atoms with van der Waals surface area (Å²) >= 11 is 0. The summed E-state index contributed by atoms with van der Waals surface area (Å²) in [7, 11) is 1.50. The van der Waals surface area contributed by atoms with Crippen LogP contribution in [0.3, 0.4) is 0 Å². The van der Waals surface area contributed by atoms with Crippen molar-refractivity contribution in [3.63, 3.8) is 0 Å². The molecule has 0 aliphatic rings. The number of hydrogen-bond donors (Lipinski definition) is 1. The molecule has 0 bridgehead atoms. The van der Waals surface area contributed by atoms with Gasteiger partial charge in [-0.05, 0) is 24.6 Å². The van der Waals surface area contributed by atoms with Crippen molar-refractivity contribution in [3.8, 4) is 5.75 Å². The maximum Gasteiger partial charge on any atom is 0.435 e. The lowest BCUT2D eigenvalue weighted by Crippen LogP contribution is -2.25. The lowest BCUT2D eigenvalue weighted by Gasteiger charge is -2.11. The Labute approximate surface area is 162 Å². The molecule has 1 aromatic carbocycles. The fourth-order valence-corrected chi connectivity index (χ4v) is 2.98. The van der Waals surface area contributed by atoms with Crippen LogP contribution in [0.1, 0.15) is 30.6 Å². The monoisotopic (exact) mass is 410 g/mol. The summed E-state index contributed by atoms with van der Waals surface area (Å²) < 4.78 is 47.4. The quantitative estimate of drug-likeness (QED) is 0.671. The van der Waals surface area contributed by atoms with Gasteiger partial charge in [0.05, 0.1) is 37.8 Å². The predicted octanol–water partition coefficient (Wildman–Crippen LogP) is 2.70. The van der Waals surface area contributed by atoms with E-state index in [2.05, 4.69) is 10.2 Å². The molecular weight excluding hydrogens is 393 g/mol. The van der Waals surface area contributed by atoms with Crippen molar-refractivity contribution < 1.29 is 27.8 Å². The topological polar surface area (TPSA) is 99.2 Å². The smallest absolute Gasteiger partial charge is 0.435 e. The fourth-order valence-electron chi connectivity index (χ4n) is 2.98. The van der Waals surface area contributed by atoms with Gasteiger partial charge in [0, 0.05) is 0 Å². The lowest BCUT2D eigenvalue weighted by atomic mass is 10.2. The van der Waals surface area contributed by atoms with Crippen molar-refractivity contribution in [1.29, 1.82) is 0 Å². The second kappa shape index (κ2) is 7.57. The van der Waals surface area contributed by atoms with Crippen molar-refractivity contribution in [3.05, 3.63) is 52.1 Å². The highest BCUT2D eigenvalue weighted by atomic mass is 19.4. The number of hydrogen-bond acceptors (Lipinski definition) is 5. The average molecular weight is 410 g/mol. The van der Waals surface area contributed by atoms with E-state index in [9.17, 15) is 22.8 Å². The number of ether oxygens (including phenoxy) is 1. The number of benzene rings is 1. The average Bonchev–Trinajstić information content (AvgIpc) is 3.05. The van der Waals surface area contributed by atoms with Crippen molar-refractivity contribution in [2.45, 2.75) is 32.1 Å². The maximum atomic E-state index is 13.5. The number of aliphatic carboxylic acids is 1. The fraction of sp³-hybridized carbons (Fsp3) is 0.333. The molecule has 0 aliphatic heterocycles. The maximum absolute atomic E-state index is 13.5. The van der Waals surface area contributed by atoms with Gasteiger partial charge in [0.25, 0.3) is 5.56 Å². The van der Waals surface area contributed by atoms with Crippen LogP contribution in [0.15, 0.2) is 35.3 Å². The molecule has 3 aromatic rings. The van der Waals surface area contributed by atoms with Gasteiger partial charge in [-0.1, -0.05) is 12.1 Å². The lowest BCUT2D eigenvalue weighted by molar-refractivity contribution is -0.140. The highest BCUT2D eigenvalue weighted by Crippen LogP contribution is 2.33. The van der Waals surface area contributed by atoms with Crippen LogP contribution in [-0.2, 0) is 17.5 Å². The molecule has 0 spiro atoms. The van der Waals surface area contributed by atoms with Gasteiger partial charge in [0.15, 0.2) is 5.69 Å². The molecular formula is C18H17F3N4O4. The zero-order valence-corrected chi connectivity index (χ0v) is 15.5. The minimum Gasteiger partial charge on any atom is -0.497 e. The number of rotatable bonds is 6. The van der Waals surface area contributed by atoms with E-state index in [4.69, 9.17) is 9.84 Å². The molecule has 0 aliphatic carbocycles. The molecule has 2 heterocycles. The van der Waals surface area contributed by atoms with Gasteiger partial charge in [-0.15, -0.1) is 0 Å². The number of carbonyl (C=O) groups is 1.